The van der Waals surface area contributed by atoms with Crippen molar-refractivity contribution >= 4 is 11.8 Å². The number of rotatable bonds is 2. The minimum atomic E-state index is -0.169. The zero-order chi connectivity index (χ0) is 13.9. The van der Waals surface area contributed by atoms with E-state index in [2.05, 4.69) is 15.8 Å². The SMILES string of the molecule is Cc1cc(NC(=O)N[C@@H]2CC[C@H]3CCCC[C@H]3C2)no1. The first kappa shape index (κ1) is 13.5. The van der Waals surface area contributed by atoms with Gasteiger partial charge in [0.25, 0.3) is 0 Å². The van der Waals surface area contributed by atoms with Gasteiger partial charge in [-0.3, -0.25) is 5.32 Å². The molecule has 0 aliphatic heterocycles. The summed E-state index contributed by atoms with van der Waals surface area (Å²) >= 11 is 0. The standard InChI is InChI=1S/C15H23N3O2/c1-10-8-14(18-20-10)17-15(19)16-13-7-6-11-4-2-3-5-12(11)9-13/h8,11-13H,2-7,9H2,1H3,(H2,16,17,18,19)/t11-,12+,13-/m1/s1. The first-order chi connectivity index (χ1) is 9.70. The van der Waals surface area contributed by atoms with E-state index < -0.39 is 0 Å². The van der Waals surface area contributed by atoms with Crippen molar-refractivity contribution < 1.29 is 9.32 Å². The molecule has 0 saturated heterocycles. The number of aryl methyl sites for hydroxylation is 1. The fraction of sp³-hybridized carbons (Fsp3) is 0.733. The Morgan fingerprint density at radius 2 is 2.05 bits per heavy atom. The van der Waals surface area contributed by atoms with Crippen LogP contribution in [0.2, 0.25) is 0 Å². The molecule has 1 aromatic heterocycles. The number of urea groups is 1. The second kappa shape index (κ2) is 5.85. The van der Waals surface area contributed by atoms with Gasteiger partial charge in [-0.25, -0.2) is 4.79 Å². The number of aromatic nitrogens is 1. The third-order valence-electron chi connectivity index (χ3n) is 4.74. The molecular formula is C15H23N3O2. The van der Waals surface area contributed by atoms with E-state index in [-0.39, 0.29) is 6.03 Å². The van der Waals surface area contributed by atoms with Gasteiger partial charge in [-0.05, 0) is 38.0 Å². The summed E-state index contributed by atoms with van der Waals surface area (Å²) in [5.41, 5.74) is 0. The molecule has 2 N–H and O–H groups in total. The third-order valence-corrected chi connectivity index (χ3v) is 4.74. The lowest BCUT2D eigenvalue weighted by Gasteiger charge is -2.39. The highest BCUT2D eigenvalue weighted by Gasteiger charge is 2.32. The topological polar surface area (TPSA) is 67.2 Å². The van der Waals surface area contributed by atoms with Gasteiger partial charge in [0.1, 0.15) is 5.76 Å². The average molecular weight is 277 g/mol. The Hall–Kier alpha value is -1.52. The number of hydrogen-bond donors (Lipinski definition) is 2. The molecule has 20 heavy (non-hydrogen) atoms. The lowest BCUT2D eigenvalue weighted by Crippen LogP contribution is -2.43. The van der Waals surface area contributed by atoms with Gasteiger partial charge in [0.2, 0.25) is 0 Å². The molecule has 5 heteroatoms. The molecule has 3 atom stereocenters. The monoisotopic (exact) mass is 277 g/mol. The van der Waals surface area contributed by atoms with Crippen LogP contribution in [-0.4, -0.2) is 17.2 Å². The van der Waals surface area contributed by atoms with Crippen LogP contribution in [0.1, 0.15) is 50.7 Å². The number of amides is 2. The predicted octanol–water partition coefficient (Wildman–Crippen LogP) is 3.46. The van der Waals surface area contributed by atoms with Gasteiger partial charge in [0.15, 0.2) is 5.82 Å². The molecule has 1 aromatic rings. The minimum Gasteiger partial charge on any atom is -0.360 e. The molecule has 0 spiro atoms. The maximum atomic E-state index is 11.9. The second-order valence-electron chi connectivity index (χ2n) is 6.24. The summed E-state index contributed by atoms with van der Waals surface area (Å²) in [7, 11) is 0. The maximum absolute atomic E-state index is 11.9. The van der Waals surface area contributed by atoms with E-state index >= 15 is 0 Å². The molecular weight excluding hydrogens is 254 g/mol. The van der Waals surface area contributed by atoms with Crippen LogP contribution in [0.4, 0.5) is 10.6 Å². The van der Waals surface area contributed by atoms with Gasteiger partial charge in [-0.1, -0.05) is 30.8 Å². The van der Waals surface area contributed by atoms with E-state index in [1.54, 1.807) is 13.0 Å². The molecule has 0 radical (unpaired) electrons. The number of anilines is 1. The highest BCUT2D eigenvalue weighted by atomic mass is 16.5. The van der Waals surface area contributed by atoms with Crippen LogP contribution in [0.15, 0.2) is 10.6 Å². The van der Waals surface area contributed by atoms with Gasteiger partial charge >= 0.3 is 6.03 Å². The Morgan fingerprint density at radius 3 is 2.80 bits per heavy atom. The number of fused-ring (bicyclic) bond motifs is 1. The van der Waals surface area contributed by atoms with Crippen LogP contribution in [0.25, 0.3) is 0 Å². The summed E-state index contributed by atoms with van der Waals surface area (Å²) in [6.45, 7) is 1.81. The van der Waals surface area contributed by atoms with Crippen LogP contribution in [0, 0.1) is 18.8 Å². The van der Waals surface area contributed by atoms with E-state index in [1.807, 2.05) is 0 Å². The quantitative estimate of drug-likeness (QED) is 0.870. The smallest absolute Gasteiger partial charge is 0.320 e. The van der Waals surface area contributed by atoms with Crippen molar-refractivity contribution in [2.45, 2.75) is 57.9 Å². The van der Waals surface area contributed by atoms with E-state index in [9.17, 15) is 4.79 Å². The Morgan fingerprint density at radius 1 is 1.25 bits per heavy atom. The highest BCUT2D eigenvalue weighted by Crippen LogP contribution is 2.40. The zero-order valence-corrected chi connectivity index (χ0v) is 12.0. The second-order valence-corrected chi connectivity index (χ2v) is 6.24. The number of carbonyl (C=O) groups is 1. The summed E-state index contributed by atoms with van der Waals surface area (Å²) in [4.78, 5) is 11.9. The van der Waals surface area contributed by atoms with Gasteiger partial charge < -0.3 is 9.84 Å². The Bertz CT molecular complexity index is 471. The van der Waals surface area contributed by atoms with Crippen LogP contribution < -0.4 is 10.6 Å². The van der Waals surface area contributed by atoms with Gasteiger partial charge in [-0.2, -0.15) is 0 Å². The fourth-order valence-corrected chi connectivity index (χ4v) is 3.77. The third kappa shape index (κ3) is 3.14. The summed E-state index contributed by atoms with van der Waals surface area (Å²) in [5.74, 6) is 2.90. The normalized spacial score (nSPS) is 29.6. The number of nitrogens with zero attached hydrogens (tertiary/aromatic N) is 1. The Balaban J connectivity index is 1.49. The van der Waals surface area contributed by atoms with Crippen LogP contribution >= 0.6 is 0 Å². The largest absolute Gasteiger partial charge is 0.360 e. The molecule has 0 bridgehead atoms. The van der Waals surface area contributed by atoms with E-state index in [0.29, 0.717) is 17.6 Å². The zero-order valence-electron chi connectivity index (χ0n) is 12.0. The van der Waals surface area contributed by atoms with Gasteiger partial charge in [-0.15, -0.1) is 0 Å². The van der Waals surface area contributed by atoms with E-state index in [1.165, 1.54) is 32.1 Å². The predicted molar refractivity (Wildman–Crippen MR) is 76.5 cm³/mol. The average Bonchev–Trinajstić information content (AvgIpc) is 2.83. The van der Waals surface area contributed by atoms with Crippen LogP contribution in [0.3, 0.4) is 0 Å². The molecule has 2 fully saturated rings. The number of nitrogens with one attached hydrogen (secondary N) is 2. The van der Waals surface area contributed by atoms with Crippen molar-refractivity contribution in [2.75, 3.05) is 5.32 Å². The van der Waals surface area contributed by atoms with E-state index in [4.69, 9.17) is 4.52 Å². The van der Waals surface area contributed by atoms with Crippen molar-refractivity contribution in [3.05, 3.63) is 11.8 Å². The summed E-state index contributed by atoms with van der Waals surface area (Å²) in [6.07, 6.45) is 8.99. The summed E-state index contributed by atoms with van der Waals surface area (Å²) in [6, 6.07) is 1.86. The first-order valence-electron chi connectivity index (χ1n) is 7.71. The molecule has 2 saturated carbocycles. The molecule has 2 aliphatic carbocycles. The van der Waals surface area contributed by atoms with Crippen molar-refractivity contribution in [3.63, 3.8) is 0 Å². The molecule has 3 rings (SSSR count). The van der Waals surface area contributed by atoms with E-state index in [0.717, 1.165) is 24.7 Å². The molecule has 2 aliphatic rings. The molecule has 2 amide bonds. The Labute approximate surface area is 119 Å². The first-order valence-corrected chi connectivity index (χ1v) is 7.71. The highest BCUT2D eigenvalue weighted by molar-refractivity contribution is 5.88. The van der Waals surface area contributed by atoms with Crippen molar-refractivity contribution in [1.29, 1.82) is 0 Å². The van der Waals surface area contributed by atoms with Gasteiger partial charge in [0, 0.05) is 12.1 Å². The summed E-state index contributed by atoms with van der Waals surface area (Å²) < 4.78 is 4.93. The maximum Gasteiger partial charge on any atom is 0.320 e. The molecule has 110 valence electrons. The van der Waals surface area contributed by atoms with Crippen LogP contribution in [-0.2, 0) is 0 Å². The molecule has 5 nitrogen and oxygen atoms in total. The number of hydrogen-bond acceptors (Lipinski definition) is 3. The minimum absolute atomic E-state index is 0.169. The van der Waals surface area contributed by atoms with Crippen molar-refractivity contribution in [3.8, 4) is 0 Å². The Kier molecular flexibility index (Phi) is 3.94. The van der Waals surface area contributed by atoms with Gasteiger partial charge in [0.05, 0.1) is 0 Å². The molecule has 0 unspecified atom stereocenters. The lowest BCUT2D eigenvalue weighted by atomic mass is 9.69. The number of carbonyl (C=O) groups excluding carboxylic acids is 1. The molecule has 1 heterocycles. The van der Waals surface area contributed by atoms with Crippen molar-refractivity contribution in [2.24, 2.45) is 11.8 Å². The molecule has 0 aromatic carbocycles. The lowest BCUT2D eigenvalue weighted by molar-refractivity contribution is 0.146. The summed E-state index contributed by atoms with van der Waals surface area (Å²) in [5, 5.41) is 9.57. The fourth-order valence-electron chi connectivity index (χ4n) is 3.77. The van der Waals surface area contributed by atoms with Crippen molar-refractivity contribution in [1.82, 2.24) is 10.5 Å². The van der Waals surface area contributed by atoms with Crippen LogP contribution in [0.5, 0.6) is 0 Å².